The molecule has 1 aromatic rings. The van der Waals surface area contributed by atoms with Crippen molar-refractivity contribution in [2.24, 2.45) is 5.73 Å². The molecule has 0 aliphatic carbocycles. The Balaban J connectivity index is 3.15. The van der Waals surface area contributed by atoms with Crippen molar-refractivity contribution in [3.63, 3.8) is 0 Å². The van der Waals surface area contributed by atoms with Crippen LogP contribution >= 0.6 is 0 Å². The molecule has 7 heteroatoms. The number of amides is 1. The van der Waals surface area contributed by atoms with Crippen LogP contribution < -0.4 is 11.5 Å². The monoisotopic (exact) mass is 198 g/mol. The van der Waals surface area contributed by atoms with E-state index in [2.05, 4.69) is 5.10 Å². The highest BCUT2D eigenvalue weighted by atomic mass is 16.4. The molecule has 0 aromatic carbocycles. The van der Waals surface area contributed by atoms with Crippen molar-refractivity contribution in [2.45, 2.75) is 13.5 Å². The van der Waals surface area contributed by atoms with Gasteiger partial charge in [-0.05, 0) is 6.92 Å². The molecule has 0 radical (unpaired) electrons. The molecular formula is C7H10N4O3. The van der Waals surface area contributed by atoms with Crippen LogP contribution in [0.4, 0.5) is 5.82 Å². The quantitative estimate of drug-likeness (QED) is 0.572. The predicted molar refractivity (Wildman–Crippen MR) is 47.5 cm³/mol. The highest BCUT2D eigenvalue weighted by Crippen LogP contribution is 2.14. The Bertz CT molecular complexity index is 396. The topological polar surface area (TPSA) is 124 Å². The lowest BCUT2D eigenvalue weighted by Gasteiger charge is -1.99. The number of primary amides is 1. The summed E-state index contributed by atoms with van der Waals surface area (Å²) in [5.74, 6) is -1.67. The van der Waals surface area contributed by atoms with Gasteiger partial charge in [-0.1, -0.05) is 0 Å². The second kappa shape index (κ2) is 3.36. The summed E-state index contributed by atoms with van der Waals surface area (Å²) in [5, 5.41) is 12.3. The molecule has 1 heterocycles. The second-order valence-corrected chi connectivity index (χ2v) is 2.79. The van der Waals surface area contributed by atoms with Crippen molar-refractivity contribution in [1.82, 2.24) is 9.78 Å². The van der Waals surface area contributed by atoms with Gasteiger partial charge in [0.25, 0.3) is 0 Å². The van der Waals surface area contributed by atoms with Gasteiger partial charge >= 0.3 is 5.97 Å². The third-order valence-electron chi connectivity index (χ3n) is 1.75. The van der Waals surface area contributed by atoms with E-state index in [4.69, 9.17) is 16.6 Å². The standard InChI is InChI=1S/C7H10N4O3/c1-3-5(7(13)14)10-11(6(3)9)2-4(8)12/h2,9H2,1H3,(H2,8,12)(H,13,14). The number of nitrogens with two attached hydrogens (primary N) is 2. The molecule has 5 N–H and O–H groups in total. The number of hydrogen-bond acceptors (Lipinski definition) is 4. The van der Waals surface area contributed by atoms with Gasteiger partial charge in [-0.25, -0.2) is 9.48 Å². The molecule has 14 heavy (non-hydrogen) atoms. The molecule has 0 bridgehead atoms. The maximum absolute atomic E-state index is 10.6. The van der Waals surface area contributed by atoms with Crippen molar-refractivity contribution < 1.29 is 14.7 Å². The number of rotatable bonds is 3. The largest absolute Gasteiger partial charge is 0.476 e. The average molecular weight is 198 g/mol. The molecule has 7 nitrogen and oxygen atoms in total. The van der Waals surface area contributed by atoms with Crippen LogP contribution in [0.25, 0.3) is 0 Å². The average Bonchev–Trinajstić information content (AvgIpc) is 2.32. The van der Waals surface area contributed by atoms with Gasteiger partial charge in [0, 0.05) is 5.56 Å². The maximum atomic E-state index is 10.6. The number of aromatic nitrogens is 2. The Morgan fingerprint density at radius 3 is 2.50 bits per heavy atom. The van der Waals surface area contributed by atoms with E-state index >= 15 is 0 Å². The molecule has 1 aromatic heterocycles. The molecule has 0 saturated heterocycles. The summed E-state index contributed by atoms with van der Waals surface area (Å²) in [6.07, 6.45) is 0. The SMILES string of the molecule is Cc1c(C(=O)O)nn(CC(N)=O)c1N. The van der Waals surface area contributed by atoms with Crippen LogP contribution in [0.15, 0.2) is 0 Å². The Hall–Kier alpha value is -2.05. The summed E-state index contributed by atoms with van der Waals surface area (Å²) in [6, 6.07) is 0. The summed E-state index contributed by atoms with van der Waals surface area (Å²) in [7, 11) is 0. The van der Waals surface area contributed by atoms with Gasteiger partial charge in [0.05, 0.1) is 0 Å². The summed E-state index contributed by atoms with van der Waals surface area (Å²) in [4.78, 5) is 21.2. The Labute approximate surface area is 79.3 Å². The summed E-state index contributed by atoms with van der Waals surface area (Å²) < 4.78 is 1.07. The minimum Gasteiger partial charge on any atom is -0.476 e. The van der Waals surface area contributed by atoms with Crippen LogP contribution in [0.5, 0.6) is 0 Å². The van der Waals surface area contributed by atoms with Crippen molar-refractivity contribution in [2.75, 3.05) is 5.73 Å². The van der Waals surface area contributed by atoms with E-state index in [0.29, 0.717) is 5.56 Å². The van der Waals surface area contributed by atoms with Gasteiger partial charge in [-0.3, -0.25) is 4.79 Å². The number of nitrogen functional groups attached to an aromatic ring is 1. The molecular weight excluding hydrogens is 188 g/mol. The third-order valence-corrected chi connectivity index (χ3v) is 1.75. The number of hydrogen-bond donors (Lipinski definition) is 3. The van der Waals surface area contributed by atoms with E-state index in [0.717, 1.165) is 4.68 Å². The zero-order valence-electron chi connectivity index (χ0n) is 7.52. The smallest absolute Gasteiger partial charge is 0.356 e. The first kappa shape index (κ1) is 10.0. The molecule has 76 valence electrons. The minimum absolute atomic E-state index is 0.140. The van der Waals surface area contributed by atoms with Crippen LogP contribution in [0.3, 0.4) is 0 Å². The third kappa shape index (κ3) is 1.65. The van der Waals surface area contributed by atoms with Crippen LogP contribution in [0, 0.1) is 6.92 Å². The number of anilines is 1. The fraction of sp³-hybridized carbons (Fsp3) is 0.286. The first-order valence-corrected chi connectivity index (χ1v) is 3.78. The lowest BCUT2D eigenvalue weighted by Crippen LogP contribution is -2.20. The summed E-state index contributed by atoms with van der Waals surface area (Å²) in [6.45, 7) is 1.29. The molecule has 0 spiro atoms. The van der Waals surface area contributed by atoms with E-state index < -0.39 is 11.9 Å². The van der Waals surface area contributed by atoms with E-state index in [1.165, 1.54) is 6.92 Å². The zero-order chi connectivity index (χ0) is 10.9. The molecule has 0 saturated carbocycles. The van der Waals surface area contributed by atoms with Crippen LogP contribution in [0.2, 0.25) is 0 Å². The fourth-order valence-electron chi connectivity index (χ4n) is 1.04. The number of aromatic carboxylic acids is 1. The first-order valence-electron chi connectivity index (χ1n) is 3.78. The Kier molecular flexibility index (Phi) is 2.41. The Morgan fingerprint density at radius 2 is 2.14 bits per heavy atom. The molecule has 0 aliphatic heterocycles. The molecule has 0 unspecified atom stereocenters. The van der Waals surface area contributed by atoms with E-state index in [9.17, 15) is 9.59 Å². The zero-order valence-corrected chi connectivity index (χ0v) is 7.52. The molecule has 0 fully saturated rings. The molecule has 0 aliphatic rings. The number of carbonyl (C=O) groups is 2. The number of carbonyl (C=O) groups excluding carboxylic acids is 1. The van der Waals surface area contributed by atoms with E-state index in [1.54, 1.807) is 0 Å². The van der Waals surface area contributed by atoms with Crippen LogP contribution in [-0.4, -0.2) is 26.8 Å². The second-order valence-electron chi connectivity index (χ2n) is 2.79. The van der Waals surface area contributed by atoms with Crippen LogP contribution in [0.1, 0.15) is 16.1 Å². The van der Waals surface area contributed by atoms with E-state index in [-0.39, 0.29) is 18.1 Å². The molecule has 1 rings (SSSR count). The number of carboxylic acids is 1. The van der Waals surface area contributed by atoms with Crippen molar-refractivity contribution >= 4 is 17.7 Å². The van der Waals surface area contributed by atoms with Crippen LogP contribution in [-0.2, 0) is 11.3 Å². The van der Waals surface area contributed by atoms with E-state index in [1.807, 2.05) is 0 Å². The molecule has 0 atom stereocenters. The van der Waals surface area contributed by atoms with Gasteiger partial charge in [0.1, 0.15) is 12.4 Å². The number of carboxylic acid groups (broad SMARTS) is 1. The van der Waals surface area contributed by atoms with Gasteiger partial charge in [-0.15, -0.1) is 0 Å². The summed E-state index contributed by atoms with van der Waals surface area (Å²) in [5.41, 5.74) is 10.6. The van der Waals surface area contributed by atoms with Crippen molar-refractivity contribution in [3.8, 4) is 0 Å². The summed E-state index contributed by atoms with van der Waals surface area (Å²) >= 11 is 0. The van der Waals surface area contributed by atoms with Gasteiger partial charge in [0.2, 0.25) is 5.91 Å². The predicted octanol–water partition coefficient (Wildman–Crippen LogP) is -1.04. The number of nitrogens with zero attached hydrogens (tertiary/aromatic N) is 2. The highest BCUT2D eigenvalue weighted by molar-refractivity contribution is 5.88. The fourth-order valence-corrected chi connectivity index (χ4v) is 1.04. The first-order chi connectivity index (χ1) is 6.43. The lowest BCUT2D eigenvalue weighted by molar-refractivity contribution is -0.118. The Morgan fingerprint density at radius 1 is 1.57 bits per heavy atom. The van der Waals surface area contributed by atoms with Crippen molar-refractivity contribution in [1.29, 1.82) is 0 Å². The highest BCUT2D eigenvalue weighted by Gasteiger charge is 2.17. The molecule has 1 amide bonds. The normalized spacial score (nSPS) is 10.1. The van der Waals surface area contributed by atoms with Crippen molar-refractivity contribution in [3.05, 3.63) is 11.3 Å². The van der Waals surface area contributed by atoms with Gasteiger partial charge < -0.3 is 16.6 Å². The lowest BCUT2D eigenvalue weighted by atomic mass is 10.2. The van der Waals surface area contributed by atoms with Gasteiger partial charge in [0.15, 0.2) is 5.69 Å². The maximum Gasteiger partial charge on any atom is 0.356 e. The van der Waals surface area contributed by atoms with Gasteiger partial charge in [-0.2, -0.15) is 5.10 Å². The minimum atomic E-state index is -1.18.